The van der Waals surface area contributed by atoms with Crippen LogP contribution in [0.2, 0.25) is 5.02 Å². The highest BCUT2D eigenvalue weighted by molar-refractivity contribution is 6.33. The van der Waals surface area contributed by atoms with Gasteiger partial charge in [-0.2, -0.15) is 26.3 Å². The highest BCUT2D eigenvalue weighted by Gasteiger charge is 2.49. The summed E-state index contributed by atoms with van der Waals surface area (Å²) in [5, 5.41) is 0.201. The Bertz CT molecular complexity index is 1240. The molecule has 2 atom stereocenters. The van der Waals surface area contributed by atoms with E-state index in [4.69, 9.17) is 16.3 Å². The summed E-state index contributed by atoms with van der Waals surface area (Å²) in [7, 11) is 1.22. The molecule has 11 heteroatoms. The van der Waals surface area contributed by atoms with E-state index in [2.05, 4.69) is 0 Å². The molecule has 3 nitrogen and oxygen atoms in total. The van der Waals surface area contributed by atoms with Gasteiger partial charge >= 0.3 is 18.3 Å². The number of esters is 1. The van der Waals surface area contributed by atoms with Gasteiger partial charge in [0, 0.05) is 18.8 Å². The molecule has 0 aliphatic rings. The van der Waals surface area contributed by atoms with Crippen molar-refractivity contribution in [2.45, 2.75) is 44.7 Å². The molecule has 0 N–H and O–H groups in total. The van der Waals surface area contributed by atoms with Crippen molar-refractivity contribution in [3.8, 4) is 16.8 Å². The normalized spacial score (nSPS) is 14.0. The number of nitrogens with zero attached hydrogens (tertiary/aromatic N) is 1. The molecule has 0 aliphatic heterocycles. The van der Waals surface area contributed by atoms with E-state index in [0.29, 0.717) is 27.9 Å². The highest BCUT2D eigenvalue weighted by atomic mass is 35.5. The van der Waals surface area contributed by atoms with E-state index in [9.17, 15) is 35.5 Å². The van der Waals surface area contributed by atoms with Crippen LogP contribution in [0.15, 0.2) is 48.8 Å². The Labute approximate surface area is 207 Å². The lowest BCUT2D eigenvalue weighted by Crippen LogP contribution is -2.31. The maximum atomic E-state index is 13.6. The molecule has 3 rings (SSSR count). The topological polar surface area (TPSA) is 31.2 Å². The molecule has 0 fully saturated rings. The van der Waals surface area contributed by atoms with E-state index >= 15 is 0 Å². The minimum absolute atomic E-state index is 0.157. The van der Waals surface area contributed by atoms with Crippen molar-refractivity contribution in [3.63, 3.8) is 0 Å². The number of hydrogen-bond donors (Lipinski definition) is 0. The van der Waals surface area contributed by atoms with Gasteiger partial charge in [0.2, 0.25) is 0 Å². The van der Waals surface area contributed by atoms with Crippen LogP contribution in [0.1, 0.15) is 39.4 Å². The van der Waals surface area contributed by atoms with Gasteiger partial charge in [-0.15, -0.1) is 0 Å². The molecule has 0 radical (unpaired) electrons. The quantitative estimate of drug-likeness (QED) is 0.236. The number of carbonyl (C=O) groups excluding carboxylic acids is 1. The largest absolute Gasteiger partial charge is 0.465 e. The van der Waals surface area contributed by atoms with Crippen molar-refractivity contribution in [1.29, 1.82) is 0 Å². The lowest BCUT2D eigenvalue weighted by Gasteiger charge is -2.25. The van der Waals surface area contributed by atoms with E-state index < -0.39 is 42.4 Å². The molecule has 0 spiro atoms. The maximum Gasteiger partial charge on any atom is 0.419 e. The molecule has 1 aromatic heterocycles. The van der Waals surface area contributed by atoms with Crippen molar-refractivity contribution in [2.75, 3.05) is 7.11 Å². The fourth-order valence-corrected chi connectivity index (χ4v) is 4.27. The summed E-state index contributed by atoms with van der Waals surface area (Å²) in [5.41, 5.74) is 2.23. The first-order chi connectivity index (χ1) is 16.6. The van der Waals surface area contributed by atoms with Gasteiger partial charge in [-0.1, -0.05) is 29.8 Å². The van der Waals surface area contributed by atoms with Gasteiger partial charge in [-0.05, 0) is 59.9 Å². The number of alkyl halides is 7. The lowest BCUT2D eigenvalue weighted by atomic mass is 9.89. The molecule has 0 saturated carbocycles. The fourth-order valence-electron chi connectivity index (χ4n) is 4.07. The van der Waals surface area contributed by atoms with Crippen molar-refractivity contribution >= 4 is 17.6 Å². The summed E-state index contributed by atoms with van der Waals surface area (Å²) < 4.78 is 98.6. The Morgan fingerprint density at radius 3 is 2.11 bits per heavy atom. The Kier molecular flexibility index (Phi) is 7.78. The number of carbonyl (C=O) groups is 1. The van der Waals surface area contributed by atoms with Crippen LogP contribution in [-0.4, -0.2) is 36.2 Å². The zero-order valence-electron chi connectivity index (χ0n) is 19.3. The third-order valence-corrected chi connectivity index (χ3v) is 6.09. The van der Waals surface area contributed by atoms with Gasteiger partial charge in [-0.25, -0.2) is 9.18 Å². The smallest absolute Gasteiger partial charge is 0.419 e. The summed E-state index contributed by atoms with van der Waals surface area (Å²) in [4.78, 5) is 11.9. The second-order valence-corrected chi connectivity index (χ2v) is 8.74. The first-order valence-corrected chi connectivity index (χ1v) is 11.0. The molecule has 0 saturated heterocycles. The van der Waals surface area contributed by atoms with Gasteiger partial charge in [-0.3, -0.25) is 0 Å². The number of aromatic nitrogens is 1. The molecule has 0 aliphatic carbocycles. The second kappa shape index (κ2) is 10.2. The Balaban J connectivity index is 1.99. The minimum Gasteiger partial charge on any atom is -0.465 e. The van der Waals surface area contributed by atoms with Gasteiger partial charge in [0.25, 0.3) is 0 Å². The van der Waals surface area contributed by atoms with Crippen LogP contribution in [0.5, 0.6) is 0 Å². The summed E-state index contributed by atoms with van der Waals surface area (Å²) in [6.07, 6.45) is -12.5. The molecule has 2 unspecified atom stereocenters. The molecule has 36 heavy (non-hydrogen) atoms. The molecular weight excluding hydrogens is 515 g/mol. The SMILES string of the molecule is COC(=O)c1cc(-c2ccn(-c3c(C)cc(C(CC(F)C(F)(F)F)C(F)(F)F)cc3C)c2)ccc1Cl. The number of methoxy groups -OCH3 is 1. The van der Waals surface area contributed by atoms with Crippen LogP contribution < -0.4 is 0 Å². The Hall–Kier alpha value is -3.01. The van der Waals surface area contributed by atoms with Crippen molar-refractivity contribution in [3.05, 3.63) is 76.1 Å². The predicted molar refractivity (Wildman–Crippen MR) is 121 cm³/mol. The van der Waals surface area contributed by atoms with Crippen LogP contribution in [-0.2, 0) is 4.74 Å². The highest BCUT2D eigenvalue weighted by Crippen LogP contribution is 2.43. The number of benzene rings is 2. The third-order valence-electron chi connectivity index (χ3n) is 5.76. The summed E-state index contributed by atoms with van der Waals surface area (Å²) in [6.45, 7) is 3.04. The molecule has 194 valence electrons. The second-order valence-electron chi connectivity index (χ2n) is 8.34. The molecule has 0 bridgehead atoms. The van der Waals surface area contributed by atoms with Gasteiger partial charge in [0.15, 0.2) is 6.17 Å². The summed E-state index contributed by atoms with van der Waals surface area (Å²) in [5.74, 6) is -3.24. The van der Waals surface area contributed by atoms with Crippen LogP contribution in [0.4, 0.5) is 30.7 Å². The Morgan fingerprint density at radius 1 is 0.972 bits per heavy atom. The first kappa shape index (κ1) is 27.6. The van der Waals surface area contributed by atoms with E-state index in [1.54, 1.807) is 35.2 Å². The Morgan fingerprint density at radius 2 is 1.58 bits per heavy atom. The number of rotatable bonds is 6. The standard InChI is InChI=1S/C25H21ClF7NO2/c1-13-8-17(19(24(28,29)30)11-21(27)25(31,32)33)9-14(2)22(13)34-7-6-16(12-34)15-4-5-20(26)18(10-15)23(35)36-3/h4-10,12,19,21H,11H2,1-3H3. The number of ether oxygens (including phenoxy) is 1. The van der Waals surface area contributed by atoms with Crippen LogP contribution >= 0.6 is 11.6 Å². The zero-order chi connectivity index (χ0) is 27.0. The average Bonchev–Trinajstić information content (AvgIpc) is 3.24. The summed E-state index contributed by atoms with van der Waals surface area (Å²) >= 11 is 6.06. The van der Waals surface area contributed by atoms with E-state index in [-0.39, 0.29) is 10.6 Å². The molecule has 2 aromatic carbocycles. The maximum absolute atomic E-state index is 13.6. The average molecular weight is 536 g/mol. The minimum atomic E-state index is -5.38. The molecule has 3 aromatic rings. The van der Waals surface area contributed by atoms with E-state index in [1.807, 2.05) is 0 Å². The van der Waals surface area contributed by atoms with Crippen molar-refractivity contribution < 1.29 is 40.3 Å². The molecular formula is C25H21ClF7NO2. The van der Waals surface area contributed by atoms with E-state index in [1.165, 1.54) is 27.0 Å². The third kappa shape index (κ3) is 5.86. The van der Waals surface area contributed by atoms with Gasteiger partial charge in [0.1, 0.15) is 0 Å². The molecule has 1 heterocycles. The zero-order valence-corrected chi connectivity index (χ0v) is 20.0. The molecule has 0 amide bonds. The van der Waals surface area contributed by atoms with E-state index in [0.717, 1.165) is 12.1 Å². The van der Waals surface area contributed by atoms with Crippen molar-refractivity contribution in [2.24, 2.45) is 0 Å². The lowest BCUT2D eigenvalue weighted by molar-refractivity contribution is -0.200. The van der Waals surface area contributed by atoms with Crippen molar-refractivity contribution in [1.82, 2.24) is 4.57 Å². The number of hydrogen-bond acceptors (Lipinski definition) is 2. The van der Waals surface area contributed by atoms with Crippen LogP contribution in [0.25, 0.3) is 16.8 Å². The monoisotopic (exact) mass is 535 g/mol. The van der Waals surface area contributed by atoms with Gasteiger partial charge in [0.05, 0.1) is 29.3 Å². The first-order valence-electron chi connectivity index (χ1n) is 10.6. The fraction of sp³-hybridized carbons (Fsp3) is 0.320. The summed E-state index contributed by atoms with van der Waals surface area (Å²) in [6, 6.07) is 8.72. The van der Waals surface area contributed by atoms with Crippen LogP contribution in [0.3, 0.4) is 0 Å². The number of aryl methyl sites for hydroxylation is 2. The van der Waals surface area contributed by atoms with Gasteiger partial charge < -0.3 is 9.30 Å². The van der Waals surface area contributed by atoms with Crippen LogP contribution in [0, 0.1) is 13.8 Å². The number of halogens is 8. The predicted octanol–water partition coefficient (Wildman–Crippen LogP) is 8.14.